The fourth-order valence-electron chi connectivity index (χ4n) is 2.66. The number of rotatable bonds is 5. The lowest BCUT2D eigenvalue weighted by Gasteiger charge is -2.20. The molecule has 2 fully saturated rings. The average Bonchev–Trinajstić information content (AvgIpc) is 2.68. The largest absolute Gasteiger partial charge is 0.380 e. The van der Waals surface area contributed by atoms with Crippen LogP contribution < -0.4 is 5.32 Å². The van der Waals surface area contributed by atoms with Crippen molar-refractivity contribution in [1.82, 2.24) is 10.2 Å². The van der Waals surface area contributed by atoms with Crippen LogP contribution in [0.5, 0.6) is 0 Å². The van der Waals surface area contributed by atoms with Gasteiger partial charge in [-0.25, -0.2) is 0 Å². The predicted molar refractivity (Wildman–Crippen MR) is 66.8 cm³/mol. The van der Waals surface area contributed by atoms with Crippen LogP contribution in [0.1, 0.15) is 38.5 Å². The second kappa shape index (κ2) is 7.25. The lowest BCUT2D eigenvalue weighted by molar-refractivity contribution is 0.189. The highest BCUT2D eigenvalue weighted by Gasteiger charge is 2.14. The molecule has 0 bridgehead atoms. The molecule has 94 valence electrons. The zero-order valence-electron chi connectivity index (χ0n) is 10.4. The van der Waals surface area contributed by atoms with E-state index >= 15 is 0 Å². The van der Waals surface area contributed by atoms with Crippen LogP contribution in [0, 0.1) is 0 Å². The summed E-state index contributed by atoms with van der Waals surface area (Å²) in [6.07, 6.45) is 8.18. The van der Waals surface area contributed by atoms with Gasteiger partial charge in [0.05, 0.1) is 6.61 Å². The Bertz CT molecular complexity index is 173. The Hall–Kier alpha value is -0.120. The predicted octanol–water partition coefficient (Wildman–Crippen LogP) is 1.63. The standard InChI is InChI=1S/C13H26N2O/c1-2-4-9-15(8-3-1)10-5-7-14-13-6-11-16-12-13/h13-14H,1-12H2. The fourth-order valence-corrected chi connectivity index (χ4v) is 2.66. The van der Waals surface area contributed by atoms with Gasteiger partial charge in [-0.1, -0.05) is 12.8 Å². The second-order valence-corrected chi connectivity index (χ2v) is 5.12. The Balaban J connectivity index is 1.49. The molecule has 0 aromatic rings. The summed E-state index contributed by atoms with van der Waals surface area (Å²) in [4.78, 5) is 2.64. The van der Waals surface area contributed by atoms with Gasteiger partial charge < -0.3 is 15.0 Å². The van der Waals surface area contributed by atoms with E-state index in [4.69, 9.17) is 4.74 Å². The average molecular weight is 226 g/mol. The molecule has 16 heavy (non-hydrogen) atoms. The van der Waals surface area contributed by atoms with Crippen LogP contribution in [0.4, 0.5) is 0 Å². The van der Waals surface area contributed by atoms with Crippen molar-refractivity contribution in [3.05, 3.63) is 0 Å². The van der Waals surface area contributed by atoms with Gasteiger partial charge in [-0.15, -0.1) is 0 Å². The van der Waals surface area contributed by atoms with Crippen molar-refractivity contribution in [3.8, 4) is 0 Å². The first-order valence-corrected chi connectivity index (χ1v) is 6.98. The summed E-state index contributed by atoms with van der Waals surface area (Å²) in [7, 11) is 0. The normalized spacial score (nSPS) is 28.1. The molecule has 0 aliphatic carbocycles. The van der Waals surface area contributed by atoms with E-state index in [1.165, 1.54) is 58.2 Å². The summed E-state index contributed by atoms with van der Waals surface area (Å²) in [5, 5.41) is 3.59. The lowest BCUT2D eigenvalue weighted by Crippen LogP contribution is -2.33. The van der Waals surface area contributed by atoms with Crippen LogP contribution in [-0.2, 0) is 4.74 Å². The highest BCUT2D eigenvalue weighted by atomic mass is 16.5. The van der Waals surface area contributed by atoms with Gasteiger partial charge in [-0.2, -0.15) is 0 Å². The van der Waals surface area contributed by atoms with E-state index in [0.29, 0.717) is 6.04 Å². The van der Waals surface area contributed by atoms with E-state index in [1.807, 2.05) is 0 Å². The summed E-state index contributed by atoms with van der Waals surface area (Å²) in [6.45, 7) is 6.96. The van der Waals surface area contributed by atoms with E-state index in [9.17, 15) is 0 Å². The molecule has 0 spiro atoms. The monoisotopic (exact) mass is 226 g/mol. The number of likely N-dealkylation sites (tertiary alicyclic amines) is 1. The highest BCUT2D eigenvalue weighted by molar-refractivity contribution is 4.71. The quantitative estimate of drug-likeness (QED) is 0.721. The van der Waals surface area contributed by atoms with Gasteiger partial charge in [0.25, 0.3) is 0 Å². The molecule has 2 aliphatic heterocycles. The molecular formula is C13H26N2O. The molecule has 2 aliphatic rings. The van der Waals surface area contributed by atoms with Gasteiger partial charge in [0.2, 0.25) is 0 Å². The van der Waals surface area contributed by atoms with E-state index in [0.717, 1.165) is 19.8 Å². The third-order valence-corrected chi connectivity index (χ3v) is 3.71. The van der Waals surface area contributed by atoms with Crippen LogP contribution in [0.3, 0.4) is 0 Å². The van der Waals surface area contributed by atoms with Crippen molar-refractivity contribution in [2.24, 2.45) is 0 Å². The van der Waals surface area contributed by atoms with Crippen LogP contribution in [0.15, 0.2) is 0 Å². The van der Waals surface area contributed by atoms with Crippen molar-refractivity contribution in [3.63, 3.8) is 0 Å². The smallest absolute Gasteiger partial charge is 0.0620 e. The van der Waals surface area contributed by atoms with E-state index in [2.05, 4.69) is 10.2 Å². The summed E-state index contributed by atoms with van der Waals surface area (Å²) < 4.78 is 5.35. The summed E-state index contributed by atoms with van der Waals surface area (Å²) in [5.74, 6) is 0. The van der Waals surface area contributed by atoms with E-state index in [-0.39, 0.29) is 0 Å². The third kappa shape index (κ3) is 4.40. The van der Waals surface area contributed by atoms with Crippen molar-refractivity contribution in [2.45, 2.75) is 44.6 Å². The number of nitrogens with one attached hydrogen (secondary N) is 1. The number of nitrogens with zero attached hydrogens (tertiary/aromatic N) is 1. The Morgan fingerprint density at radius 2 is 1.94 bits per heavy atom. The number of ether oxygens (including phenoxy) is 1. The molecule has 0 aromatic carbocycles. The highest BCUT2D eigenvalue weighted by Crippen LogP contribution is 2.09. The van der Waals surface area contributed by atoms with Crippen molar-refractivity contribution in [1.29, 1.82) is 0 Å². The summed E-state index contributed by atoms with van der Waals surface area (Å²) >= 11 is 0. The van der Waals surface area contributed by atoms with Crippen LogP contribution in [-0.4, -0.2) is 50.3 Å². The molecule has 1 unspecified atom stereocenters. The molecule has 2 saturated heterocycles. The van der Waals surface area contributed by atoms with E-state index in [1.54, 1.807) is 0 Å². The molecule has 3 heteroatoms. The molecule has 3 nitrogen and oxygen atoms in total. The minimum absolute atomic E-state index is 0.629. The van der Waals surface area contributed by atoms with Gasteiger partial charge in [-0.3, -0.25) is 0 Å². The molecule has 2 rings (SSSR count). The zero-order valence-corrected chi connectivity index (χ0v) is 10.4. The van der Waals surface area contributed by atoms with Crippen LogP contribution in [0.25, 0.3) is 0 Å². The molecule has 0 amide bonds. The molecule has 1 N–H and O–H groups in total. The topological polar surface area (TPSA) is 24.5 Å². The van der Waals surface area contributed by atoms with Crippen molar-refractivity contribution < 1.29 is 4.74 Å². The number of hydrogen-bond acceptors (Lipinski definition) is 3. The maximum atomic E-state index is 5.35. The fraction of sp³-hybridized carbons (Fsp3) is 1.00. The Morgan fingerprint density at radius 1 is 1.12 bits per heavy atom. The van der Waals surface area contributed by atoms with Gasteiger partial charge in [0, 0.05) is 12.6 Å². The lowest BCUT2D eigenvalue weighted by atomic mass is 10.2. The zero-order chi connectivity index (χ0) is 11.1. The van der Waals surface area contributed by atoms with E-state index < -0.39 is 0 Å². The molecule has 0 radical (unpaired) electrons. The first-order chi connectivity index (χ1) is 7.95. The number of hydrogen-bond donors (Lipinski definition) is 1. The third-order valence-electron chi connectivity index (χ3n) is 3.71. The van der Waals surface area contributed by atoms with Gasteiger partial charge in [0.15, 0.2) is 0 Å². The van der Waals surface area contributed by atoms with Crippen LogP contribution in [0.2, 0.25) is 0 Å². The first-order valence-electron chi connectivity index (χ1n) is 6.98. The Morgan fingerprint density at radius 3 is 2.62 bits per heavy atom. The summed E-state index contributed by atoms with van der Waals surface area (Å²) in [6, 6.07) is 0.629. The maximum absolute atomic E-state index is 5.35. The Kier molecular flexibility index (Phi) is 5.59. The van der Waals surface area contributed by atoms with Crippen molar-refractivity contribution >= 4 is 0 Å². The van der Waals surface area contributed by atoms with Gasteiger partial charge >= 0.3 is 0 Å². The second-order valence-electron chi connectivity index (χ2n) is 5.12. The minimum atomic E-state index is 0.629. The van der Waals surface area contributed by atoms with Crippen molar-refractivity contribution in [2.75, 3.05) is 39.4 Å². The van der Waals surface area contributed by atoms with Gasteiger partial charge in [0.1, 0.15) is 0 Å². The minimum Gasteiger partial charge on any atom is -0.380 e. The molecule has 2 heterocycles. The van der Waals surface area contributed by atoms with Crippen LogP contribution >= 0.6 is 0 Å². The molecule has 1 atom stereocenters. The molecule has 0 saturated carbocycles. The summed E-state index contributed by atoms with van der Waals surface area (Å²) in [5.41, 5.74) is 0. The molecular weight excluding hydrogens is 200 g/mol. The molecule has 0 aromatic heterocycles. The first kappa shape index (κ1) is 12.3. The SMILES string of the molecule is C1CCCN(CCCNC2CCOC2)CC1. The van der Waals surface area contributed by atoms with Gasteiger partial charge in [-0.05, 0) is 51.9 Å². The maximum Gasteiger partial charge on any atom is 0.0620 e. The Labute approximate surface area is 99.5 Å².